The van der Waals surface area contributed by atoms with Gasteiger partial charge in [0.05, 0.1) is 0 Å². The van der Waals surface area contributed by atoms with Crippen LogP contribution in [0.2, 0.25) is 0 Å². The summed E-state index contributed by atoms with van der Waals surface area (Å²) < 4.78 is 2.84. The Kier molecular flexibility index (Phi) is 11.9. The fourth-order valence-electron chi connectivity index (χ4n) is 1.02. The van der Waals surface area contributed by atoms with E-state index in [2.05, 4.69) is 60.7 Å². The van der Waals surface area contributed by atoms with Gasteiger partial charge in [0.25, 0.3) is 0 Å². The van der Waals surface area contributed by atoms with Gasteiger partial charge in [-0.05, 0) is 0 Å². The number of benzene rings is 2. The zero-order valence-corrected chi connectivity index (χ0v) is 13.0. The van der Waals surface area contributed by atoms with Gasteiger partial charge in [-0.2, -0.15) is 9.90 Å². The number of rotatable bonds is 2. The summed E-state index contributed by atoms with van der Waals surface area (Å²) >= 11 is 0.575. The fourth-order valence-corrected chi connectivity index (χ4v) is 2.65. The van der Waals surface area contributed by atoms with E-state index in [1.165, 1.54) is 8.07 Å². The molecule has 2 aromatic rings. The van der Waals surface area contributed by atoms with Crippen molar-refractivity contribution >= 4 is 18.0 Å². The zero-order chi connectivity index (χ0) is 8.93. The molecule has 0 bridgehead atoms. The molecule has 1 unspecified atom stereocenters. The maximum atomic E-state index is 2.18. The molecule has 2 rings (SSSR count). The van der Waals surface area contributed by atoms with E-state index in [1.54, 1.807) is 0 Å². The minimum absolute atomic E-state index is 0. The first-order chi connectivity index (χ1) is 6.45. The SMILES string of the molecule is P.[Cl-].[Cl-].c1cc[c]([Pd+2][c]2ccccc2)cc1. The summed E-state index contributed by atoms with van der Waals surface area (Å²) in [6, 6.07) is 21.2. The van der Waals surface area contributed by atoms with Crippen molar-refractivity contribution in [3.8, 4) is 0 Å². The molecule has 0 spiro atoms. The fraction of sp³-hybridized carbons (Fsp3) is 0. The Morgan fingerprint density at radius 2 is 0.875 bits per heavy atom. The van der Waals surface area contributed by atoms with Gasteiger partial charge in [-0.1, -0.05) is 0 Å². The first-order valence-corrected chi connectivity index (χ1v) is 5.69. The van der Waals surface area contributed by atoms with E-state index in [9.17, 15) is 0 Å². The summed E-state index contributed by atoms with van der Waals surface area (Å²) in [5, 5.41) is 0. The Balaban J connectivity index is 0. The first kappa shape index (κ1) is 18.5. The van der Waals surface area contributed by atoms with Crippen LogP contribution in [-0.2, 0) is 18.0 Å². The second kappa shape index (κ2) is 10.3. The van der Waals surface area contributed by atoms with E-state index in [-0.39, 0.29) is 34.7 Å². The molecule has 0 heterocycles. The van der Waals surface area contributed by atoms with E-state index in [0.717, 1.165) is 0 Å². The number of halogens is 2. The predicted molar refractivity (Wildman–Crippen MR) is 63.3 cm³/mol. The summed E-state index contributed by atoms with van der Waals surface area (Å²) in [7, 11) is 0. The summed E-state index contributed by atoms with van der Waals surface area (Å²) in [6.45, 7) is 0. The van der Waals surface area contributed by atoms with E-state index in [0.29, 0.717) is 18.0 Å². The summed E-state index contributed by atoms with van der Waals surface area (Å²) in [6.07, 6.45) is 0. The molecular weight excluding hydrogens is 352 g/mol. The molecule has 0 N–H and O–H groups in total. The number of hydrogen-bond acceptors (Lipinski definition) is 0. The Hall–Kier alpha value is 0.112. The monoisotopic (exact) mass is 364 g/mol. The Morgan fingerprint density at radius 1 is 0.562 bits per heavy atom. The maximum absolute atomic E-state index is 2.18. The zero-order valence-electron chi connectivity index (χ0n) is 8.55. The van der Waals surface area contributed by atoms with Crippen molar-refractivity contribution in [2.24, 2.45) is 0 Å². The number of hydrogen-bond donors (Lipinski definition) is 0. The van der Waals surface area contributed by atoms with Gasteiger partial charge in [-0.15, -0.1) is 0 Å². The van der Waals surface area contributed by atoms with Gasteiger partial charge in [0.1, 0.15) is 0 Å². The van der Waals surface area contributed by atoms with Crippen LogP contribution in [0.5, 0.6) is 0 Å². The third kappa shape index (κ3) is 6.00. The van der Waals surface area contributed by atoms with Crippen molar-refractivity contribution in [1.29, 1.82) is 0 Å². The van der Waals surface area contributed by atoms with Gasteiger partial charge in [-0.3, -0.25) is 0 Å². The molecule has 0 aliphatic rings. The van der Waals surface area contributed by atoms with Crippen molar-refractivity contribution in [3.63, 3.8) is 0 Å². The third-order valence-electron chi connectivity index (χ3n) is 1.61. The summed E-state index contributed by atoms with van der Waals surface area (Å²) in [5.41, 5.74) is 0. The molecule has 2 aromatic carbocycles. The molecule has 0 aliphatic heterocycles. The summed E-state index contributed by atoms with van der Waals surface area (Å²) in [5.74, 6) is 0. The molecule has 90 valence electrons. The second-order valence-corrected chi connectivity index (χ2v) is 4.78. The molecule has 0 saturated heterocycles. The Morgan fingerprint density at radius 3 is 1.19 bits per heavy atom. The standard InChI is InChI=1S/2C6H5.2ClH.H3P.Pd/c2*1-2-4-6-5-3-1;;;;/h2*1-5H;2*1H;1H3;/q;;;;;+2/p-2. The quantitative estimate of drug-likeness (QED) is 0.374. The van der Waals surface area contributed by atoms with Crippen molar-refractivity contribution in [3.05, 3.63) is 60.7 Å². The van der Waals surface area contributed by atoms with Gasteiger partial charge in [0.15, 0.2) is 0 Å². The third-order valence-corrected chi connectivity index (χ3v) is 3.54. The van der Waals surface area contributed by atoms with E-state index >= 15 is 0 Å². The molecule has 0 fully saturated rings. The minimum atomic E-state index is 0. The van der Waals surface area contributed by atoms with Crippen LogP contribution in [0, 0.1) is 0 Å². The van der Waals surface area contributed by atoms with Crippen LogP contribution >= 0.6 is 9.90 Å². The molecular formula is C12H13Cl2PPd. The van der Waals surface area contributed by atoms with Crippen LogP contribution in [0.3, 0.4) is 0 Å². The van der Waals surface area contributed by atoms with Crippen LogP contribution in [0.15, 0.2) is 60.7 Å². The van der Waals surface area contributed by atoms with Gasteiger partial charge in [-0.25, -0.2) is 0 Å². The van der Waals surface area contributed by atoms with Gasteiger partial charge < -0.3 is 24.8 Å². The molecule has 0 nitrogen and oxygen atoms in total. The molecule has 0 aromatic heterocycles. The predicted octanol–water partition coefficient (Wildman–Crippen LogP) is -4.21. The Labute approximate surface area is 121 Å². The topological polar surface area (TPSA) is 0 Å². The summed E-state index contributed by atoms with van der Waals surface area (Å²) in [4.78, 5) is 0. The molecule has 4 heteroatoms. The molecule has 1 atom stereocenters. The molecule has 0 aliphatic carbocycles. The van der Waals surface area contributed by atoms with Crippen LogP contribution < -0.4 is 32.9 Å². The van der Waals surface area contributed by atoms with Crippen molar-refractivity contribution < 1.29 is 42.8 Å². The molecule has 0 amide bonds. The Bertz CT molecular complexity index is 330. The van der Waals surface area contributed by atoms with E-state index < -0.39 is 0 Å². The normalized spacial score (nSPS) is 8.25. The van der Waals surface area contributed by atoms with Crippen LogP contribution in [0.25, 0.3) is 0 Å². The van der Waals surface area contributed by atoms with Crippen molar-refractivity contribution in [2.75, 3.05) is 0 Å². The molecule has 0 saturated carbocycles. The van der Waals surface area contributed by atoms with Crippen molar-refractivity contribution in [2.45, 2.75) is 0 Å². The van der Waals surface area contributed by atoms with Crippen LogP contribution in [0.1, 0.15) is 0 Å². The van der Waals surface area contributed by atoms with Crippen LogP contribution in [0.4, 0.5) is 0 Å². The van der Waals surface area contributed by atoms with Crippen molar-refractivity contribution in [1.82, 2.24) is 0 Å². The average molecular weight is 366 g/mol. The van der Waals surface area contributed by atoms with Gasteiger partial charge in [0, 0.05) is 0 Å². The molecule has 0 radical (unpaired) electrons. The van der Waals surface area contributed by atoms with E-state index in [4.69, 9.17) is 0 Å². The first-order valence-electron chi connectivity index (χ1n) is 4.14. The second-order valence-electron chi connectivity index (χ2n) is 2.60. The van der Waals surface area contributed by atoms with Crippen LogP contribution in [-0.4, -0.2) is 0 Å². The van der Waals surface area contributed by atoms with Gasteiger partial charge in [0.2, 0.25) is 0 Å². The van der Waals surface area contributed by atoms with Gasteiger partial charge >= 0.3 is 86.7 Å². The van der Waals surface area contributed by atoms with E-state index in [1.807, 2.05) is 0 Å². The average Bonchev–Trinajstić information content (AvgIpc) is 2.21. The molecule has 16 heavy (non-hydrogen) atoms.